The Morgan fingerprint density at radius 2 is 2.20 bits per heavy atom. The molecule has 0 spiro atoms. The highest BCUT2D eigenvalue weighted by molar-refractivity contribution is 5.87. The summed E-state index contributed by atoms with van der Waals surface area (Å²) in [6, 6.07) is -1.03. The first kappa shape index (κ1) is 12.0. The van der Waals surface area contributed by atoms with Crippen LogP contribution < -0.4 is 11.1 Å². The predicted molar refractivity (Wildman–Crippen MR) is 55.2 cm³/mol. The van der Waals surface area contributed by atoms with Crippen molar-refractivity contribution in [3.63, 3.8) is 0 Å². The number of carboxylic acids is 1. The Labute approximate surface area is 89.0 Å². The zero-order chi connectivity index (χ0) is 11.6. The van der Waals surface area contributed by atoms with Crippen LogP contribution in [-0.4, -0.2) is 29.1 Å². The summed E-state index contributed by atoms with van der Waals surface area (Å²) < 4.78 is 0. The second-order valence-corrected chi connectivity index (χ2v) is 4.45. The number of hydrogen-bond acceptors (Lipinski definition) is 3. The van der Waals surface area contributed by atoms with Gasteiger partial charge in [0.25, 0.3) is 0 Å². The van der Waals surface area contributed by atoms with Crippen LogP contribution in [0.25, 0.3) is 0 Å². The quantitative estimate of drug-likeness (QED) is 0.621. The molecule has 0 aromatic carbocycles. The van der Waals surface area contributed by atoms with Crippen molar-refractivity contribution >= 4 is 11.9 Å². The minimum absolute atomic E-state index is 0.168. The second kappa shape index (κ2) is 4.18. The minimum Gasteiger partial charge on any atom is -0.480 e. The van der Waals surface area contributed by atoms with Crippen molar-refractivity contribution in [2.24, 2.45) is 11.1 Å². The highest BCUT2D eigenvalue weighted by Gasteiger charge is 2.43. The van der Waals surface area contributed by atoms with Gasteiger partial charge in [0.1, 0.15) is 6.04 Å². The Morgan fingerprint density at radius 3 is 2.60 bits per heavy atom. The summed E-state index contributed by atoms with van der Waals surface area (Å²) in [5, 5.41) is 11.2. The van der Waals surface area contributed by atoms with Crippen LogP contribution in [-0.2, 0) is 9.59 Å². The summed E-state index contributed by atoms with van der Waals surface area (Å²) in [6.45, 7) is 3.25. The van der Waals surface area contributed by atoms with Crippen LogP contribution >= 0.6 is 0 Å². The molecule has 0 radical (unpaired) electrons. The fourth-order valence-electron chi connectivity index (χ4n) is 1.90. The molecule has 1 saturated carbocycles. The van der Waals surface area contributed by atoms with Crippen molar-refractivity contribution in [1.29, 1.82) is 0 Å². The van der Waals surface area contributed by atoms with E-state index in [1.165, 1.54) is 6.92 Å². The molecule has 1 rings (SSSR count). The molecule has 4 N–H and O–H groups in total. The van der Waals surface area contributed by atoms with Crippen molar-refractivity contribution in [1.82, 2.24) is 5.32 Å². The third-order valence-corrected chi connectivity index (χ3v) is 3.27. The summed E-state index contributed by atoms with van der Waals surface area (Å²) in [5.41, 5.74) is 5.25. The number of carbonyl (C=O) groups is 2. The Kier molecular flexibility index (Phi) is 3.34. The number of aliphatic carboxylic acids is 1. The molecule has 86 valence electrons. The molecule has 5 heteroatoms. The lowest BCUT2D eigenvalue weighted by atomic mass is 9.84. The van der Waals surface area contributed by atoms with E-state index in [1.54, 1.807) is 6.92 Å². The van der Waals surface area contributed by atoms with Gasteiger partial charge in [-0.15, -0.1) is 0 Å². The predicted octanol–water partition coefficient (Wildman–Crippen LogP) is 0.0932. The summed E-state index contributed by atoms with van der Waals surface area (Å²) >= 11 is 0. The third kappa shape index (κ3) is 2.28. The van der Waals surface area contributed by atoms with Gasteiger partial charge < -0.3 is 16.2 Å². The van der Waals surface area contributed by atoms with Crippen LogP contribution in [0.2, 0.25) is 0 Å². The smallest absolute Gasteiger partial charge is 0.325 e. The molecule has 1 aliphatic carbocycles. The molecule has 0 bridgehead atoms. The number of amides is 1. The van der Waals surface area contributed by atoms with E-state index in [0.29, 0.717) is 0 Å². The van der Waals surface area contributed by atoms with E-state index in [-0.39, 0.29) is 11.9 Å². The van der Waals surface area contributed by atoms with E-state index >= 15 is 0 Å². The van der Waals surface area contributed by atoms with Crippen molar-refractivity contribution in [2.75, 3.05) is 0 Å². The topological polar surface area (TPSA) is 92.4 Å². The Balaban J connectivity index is 2.64. The standard InChI is InChI=1S/C10H18N2O3/c1-6(8(13)14)12-9(15)10(2)5-3-4-7(10)11/h6-7H,3-5,11H2,1-2H3,(H,12,15)(H,13,14)/t6-,7?,10?/m0/s1. The van der Waals surface area contributed by atoms with Crippen molar-refractivity contribution in [3.8, 4) is 0 Å². The van der Waals surface area contributed by atoms with Crippen molar-refractivity contribution in [2.45, 2.75) is 45.2 Å². The molecular formula is C10H18N2O3. The van der Waals surface area contributed by atoms with E-state index in [4.69, 9.17) is 10.8 Å². The van der Waals surface area contributed by atoms with Gasteiger partial charge in [0.2, 0.25) is 5.91 Å². The minimum atomic E-state index is -1.03. The first-order valence-corrected chi connectivity index (χ1v) is 5.17. The van der Waals surface area contributed by atoms with Crippen LogP contribution in [0.5, 0.6) is 0 Å². The third-order valence-electron chi connectivity index (χ3n) is 3.27. The van der Waals surface area contributed by atoms with Gasteiger partial charge in [0.15, 0.2) is 0 Å². The number of carbonyl (C=O) groups excluding carboxylic acids is 1. The Morgan fingerprint density at radius 1 is 1.60 bits per heavy atom. The van der Waals surface area contributed by atoms with Crippen LogP contribution in [0.4, 0.5) is 0 Å². The molecule has 2 unspecified atom stereocenters. The molecule has 0 aliphatic heterocycles. The molecule has 0 heterocycles. The molecule has 5 nitrogen and oxygen atoms in total. The molecule has 1 amide bonds. The SMILES string of the molecule is C[C@H](NC(=O)C1(C)CCCC1N)C(=O)O. The van der Waals surface area contributed by atoms with E-state index in [2.05, 4.69) is 5.32 Å². The van der Waals surface area contributed by atoms with Gasteiger partial charge in [-0.25, -0.2) is 0 Å². The van der Waals surface area contributed by atoms with Gasteiger partial charge in [0, 0.05) is 6.04 Å². The molecule has 15 heavy (non-hydrogen) atoms. The monoisotopic (exact) mass is 214 g/mol. The maximum atomic E-state index is 11.8. The maximum absolute atomic E-state index is 11.8. The number of nitrogens with two attached hydrogens (primary N) is 1. The second-order valence-electron chi connectivity index (χ2n) is 4.45. The fraction of sp³-hybridized carbons (Fsp3) is 0.800. The lowest BCUT2D eigenvalue weighted by Crippen LogP contribution is -2.51. The van der Waals surface area contributed by atoms with E-state index < -0.39 is 17.4 Å². The van der Waals surface area contributed by atoms with Gasteiger partial charge in [-0.1, -0.05) is 6.42 Å². The van der Waals surface area contributed by atoms with Gasteiger partial charge in [-0.05, 0) is 26.7 Å². The summed E-state index contributed by atoms with van der Waals surface area (Å²) in [4.78, 5) is 22.4. The molecule has 1 aliphatic rings. The highest BCUT2D eigenvalue weighted by atomic mass is 16.4. The molecule has 0 aromatic heterocycles. The molecule has 1 fully saturated rings. The molecule has 0 aromatic rings. The summed E-state index contributed by atoms with van der Waals surface area (Å²) in [5.74, 6) is -1.28. The number of carboxylic acid groups (broad SMARTS) is 1. The Hall–Kier alpha value is -1.10. The van der Waals surface area contributed by atoms with Gasteiger partial charge in [-0.3, -0.25) is 9.59 Å². The Bertz CT molecular complexity index is 280. The van der Waals surface area contributed by atoms with E-state index in [1.807, 2.05) is 0 Å². The van der Waals surface area contributed by atoms with Crippen LogP contribution in [0, 0.1) is 5.41 Å². The largest absolute Gasteiger partial charge is 0.480 e. The zero-order valence-corrected chi connectivity index (χ0v) is 9.12. The van der Waals surface area contributed by atoms with Gasteiger partial charge in [-0.2, -0.15) is 0 Å². The fourth-order valence-corrected chi connectivity index (χ4v) is 1.90. The lowest BCUT2D eigenvalue weighted by molar-refractivity contribution is -0.143. The maximum Gasteiger partial charge on any atom is 0.325 e. The van der Waals surface area contributed by atoms with E-state index in [0.717, 1.165) is 19.3 Å². The first-order valence-electron chi connectivity index (χ1n) is 5.17. The normalized spacial score (nSPS) is 32.3. The van der Waals surface area contributed by atoms with Gasteiger partial charge >= 0.3 is 5.97 Å². The highest BCUT2D eigenvalue weighted by Crippen LogP contribution is 2.36. The average molecular weight is 214 g/mol. The summed E-state index contributed by atoms with van der Waals surface area (Å²) in [7, 11) is 0. The number of rotatable bonds is 3. The molecule has 3 atom stereocenters. The van der Waals surface area contributed by atoms with Crippen molar-refractivity contribution < 1.29 is 14.7 Å². The van der Waals surface area contributed by atoms with Gasteiger partial charge in [0.05, 0.1) is 5.41 Å². The van der Waals surface area contributed by atoms with Crippen LogP contribution in [0.15, 0.2) is 0 Å². The van der Waals surface area contributed by atoms with Crippen LogP contribution in [0.1, 0.15) is 33.1 Å². The average Bonchev–Trinajstić information content (AvgIpc) is 2.48. The molecular weight excluding hydrogens is 196 g/mol. The molecule has 0 saturated heterocycles. The number of nitrogens with one attached hydrogen (secondary N) is 1. The van der Waals surface area contributed by atoms with Crippen molar-refractivity contribution in [3.05, 3.63) is 0 Å². The summed E-state index contributed by atoms with van der Waals surface area (Å²) in [6.07, 6.45) is 2.48. The first-order chi connectivity index (χ1) is 6.88. The van der Waals surface area contributed by atoms with E-state index in [9.17, 15) is 9.59 Å². The lowest BCUT2D eigenvalue weighted by Gasteiger charge is -2.28. The number of hydrogen-bond donors (Lipinski definition) is 3. The zero-order valence-electron chi connectivity index (χ0n) is 9.12. The van der Waals surface area contributed by atoms with Crippen LogP contribution in [0.3, 0.4) is 0 Å².